The topological polar surface area (TPSA) is 52.6 Å². The van der Waals surface area contributed by atoms with E-state index in [9.17, 15) is 9.59 Å². The average molecular weight is 435 g/mol. The average Bonchev–Trinajstić information content (AvgIpc) is 2.22. The third-order valence-electron chi connectivity index (χ3n) is 3.33. The maximum atomic E-state index is 11.9. The van der Waals surface area contributed by atoms with Crippen LogP contribution in [0.5, 0.6) is 0 Å². The van der Waals surface area contributed by atoms with Gasteiger partial charge in [-0.15, -0.1) is 0 Å². The molecule has 0 aromatic heterocycles. The van der Waals surface area contributed by atoms with Gasteiger partial charge in [-0.2, -0.15) is 0 Å². The molecule has 0 aliphatic heterocycles. The van der Waals surface area contributed by atoms with Crippen molar-refractivity contribution in [2.75, 3.05) is 0 Å². The van der Waals surface area contributed by atoms with Crippen molar-refractivity contribution in [1.82, 2.24) is 0 Å². The van der Waals surface area contributed by atoms with E-state index in [1.807, 2.05) is 9.88 Å². The van der Waals surface area contributed by atoms with Crippen LogP contribution in [0.2, 0.25) is 9.88 Å². The first-order valence-electron chi connectivity index (χ1n) is 8.64. The van der Waals surface area contributed by atoms with Crippen LogP contribution in [-0.2, 0) is 15.7 Å². The van der Waals surface area contributed by atoms with Gasteiger partial charge in [0.15, 0.2) is 0 Å². The Morgan fingerprint density at radius 2 is 1.04 bits per heavy atom. The van der Waals surface area contributed by atoms with E-state index in [4.69, 9.17) is 6.15 Å². The van der Waals surface area contributed by atoms with Crippen LogP contribution in [-0.4, -0.2) is 31.1 Å². The quantitative estimate of drug-likeness (QED) is 0.492. The maximum absolute atomic E-state index is 11.9. The van der Waals surface area contributed by atoms with Crippen LogP contribution < -0.4 is 0 Å². The second kappa shape index (κ2) is 9.28. The van der Waals surface area contributed by atoms with Gasteiger partial charge in [0.05, 0.1) is 0 Å². The summed E-state index contributed by atoms with van der Waals surface area (Å²) >= 11 is -3.50. The standard InChI is InChI=1S/2C8H16O2.2CH3.Sn/c2*1-8(2,3)6-4-5-7(9)10;;;/h2*4-6H2,1-3H3,(H,9,10);2*1H3;/q;;;;+2/p-2. The molecule has 0 saturated carbocycles. The van der Waals surface area contributed by atoms with Gasteiger partial charge >= 0.3 is 148 Å². The number of hydrogen-bond donors (Lipinski definition) is 0. The molecular formula is C18H36O4Sn. The number of carbonyl (C=O) groups is 2. The fraction of sp³-hybridized carbons (Fsp3) is 0.889. The van der Waals surface area contributed by atoms with Crippen molar-refractivity contribution in [3.63, 3.8) is 0 Å². The third kappa shape index (κ3) is 15.0. The zero-order valence-electron chi connectivity index (χ0n) is 16.4. The van der Waals surface area contributed by atoms with Crippen molar-refractivity contribution in [2.24, 2.45) is 10.8 Å². The van der Waals surface area contributed by atoms with Crippen LogP contribution in [0.1, 0.15) is 80.1 Å². The molecule has 0 fully saturated rings. The Balaban J connectivity index is 4.11. The summed E-state index contributed by atoms with van der Waals surface area (Å²) in [6.07, 6.45) is 4.38. The van der Waals surface area contributed by atoms with Crippen LogP contribution in [0.25, 0.3) is 0 Å². The summed E-state index contributed by atoms with van der Waals surface area (Å²) in [5.41, 5.74) is 0.442. The normalized spacial score (nSPS) is 12.9. The van der Waals surface area contributed by atoms with E-state index in [2.05, 4.69) is 41.5 Å². The fourth-order valence-corrected chi connectivity index (χ4v) is 6.03. The number of rotatable bonds is 8. The summed E-state index contributed by atoms with van der Waals surface area (Å²) in [7, 11) is 0. The Morgan fingerprint density at radius 3 is 1.30 bits per heavy atom. The van der Waals surface area contributed by atoms with Crippen molar-refractivity contribution < 1.29 is 15.7 Å². The Bertz CT molecular complexity index is 353. The summed E-state index contributed by atoms with van der Waals surface area (Å²) in [5, 5.41) is 0. The molecule has 0 bridgehead atoms. The molecule has 0 rings (SSSR count). The van der Waals surface area contributed by atoms with Crippen molar-refractivity contribution in [3.8, 4) is 0 Å². The predicted octanol–water partition coefficient (Wildman–Crippen LogP) is 5.21. The molecule has 0 atom stereocenters. The first-order chi connectivity index (χ1) is 10.2. The van der Waals surface area contributed by atoms with E-state index in [-0.39, 0.29) is 22.8 Å². The van der Waals surface area contributed by atoms with Crippen molar-refractivity contribution in [2.45, 2.75) is 89.9 Å². The summed E-state index contributed by atoms with van der Waals surface area (Å²) in [6, 6.07) is 0. The van der Waals surface area contributed by atoms with Gasteiger partial charge in [-0.25, -0.2) is 0 Å². The first kappa shape index (κ1) is 22.7. The van der Waals surface area contributed by atoms with E-state index < -0.39 is 19.2 Å². The Labute approximate surface area is 147 Å². The minimum absolute atomic E-state index is 0.221. The van der Waals surface area contributed by atoms with Crippen LogP contribution >= 0.6 is 0 Å². The van der Waals surface area contributed by atoms with E-state index in [0.717, 1.165) is 25.7 Å². The number of carbonyl (C=O) groups excluding carboxylic acids is 2. The fourth-order valence-electron chi connectivity index (χ4n) is 2.20. The van der Waals surface area contributed by atoms with Gasteiger partial charge in [-0.3, -0.25) is 0 Å². The molecule has 0 aliphatic carbocycles. The van der Waals surface area contributed by atoms with Gasteiger partial charge in [0, 0.05) is 0 Å². The molecule has 0 aromatic rings. The van der Waals surface area contributed by atoms with Gasteiger partial charge in [-0.1, -0.05) is 0 Å². The van der Waals surface area contributed by atoms with Gasteiger partial charge in [0.1, 0.15) is 0 Å². The zero-order valence-corrected chi connectivity index (χ0v) is 19.2. The van der Waals surface area contributed by atoms with Gasteiger partial charge in [-0.05, 0) is 0 Å². The Morgan fingerprint density at radius 1 is 0.739 bits per heavy atom. The molecule has 4 nitrogen and oxygen atoms in total. The van der Waals surface area contributed by atoms with E-state index >= 15 is 0 Å². The van der Waals surface area contributed by atoms with Crippen LogP contribution in [0.4, 0.5) is 0 Å². The molecule has 0 spiro atoms. The SMILES string of the molecule is CC(C)(C)CCCC(=O)[O][Sn]([CH3])([CH3])[O]C(=O)CCCC(C)(C)C. The molecule has 0 amide bonds. The number of hydrogen-bond acceptors (Lipinski definition) is 4. The minimum atomic E-state index is -3.50. The molecule has 136 valence electrons. The van der Waals surface area contributed by atoms with E-state index in [1.54, 1.807) is 0 Å². The molecule has 0 aromatic carbocycles. The zero-order chi connectivity index (χ0) is 18.3. The molecule has 5 heteroatoms. The third-order valence-corrected chi connectivity index (χ3v) is 7.44. The van der Waals surface area contributed by atoms with Crippen molar-refractivity contribution in [3.05, 3.63) is 0 Å². The molecule has 23 heavy (non-hydrogen) atoms. The second-order valence-corrected chi connectivity index (χ2v) is 18.3. The molecule has 0 heterocycles. The summed E-state index contributed by atoms with van der Waals surface area (Å²) in [4.78, 5) is 27.5. The molecule has 0 N–H and O–H groups in total. The summed E-state index contributed by atoms with van der Waals surface area (Å²) in [5.74, 6) is -0.449. The van der Waals surface area contributed by atoms with Crippen molar-refractivity contribution >= 4 is 31.1 Å². The monoisotopic (exact) mass is 436 g/mol. The van der Waals surface area contributed by atoms with Gasteiger partial charge in [0.25, 0.3) is 0 Å². The van der Waals surface area contributed by atoms with Gasteiger partial charge in [0.2, 0.25) is 0 Å². The Hall–Kier alpha value is -0.261. The van der Waals surface area contributed by atoms with Crippen LogP contribution in [0, 0.1) is 10.8 Å². The Kier molecular flexibility index (Phi) is 9.18. The van der Waals surface area contributed by atoms with E-state index in [1.165, 1.54) is 0 Å². The molecule has 0 unspecified atom stereocenters. The van der Waals surface area contributed by atoms with Crippen molar-refractivity contribution in [1.29, 1.82) is 0 Å². The summed E-state index contributed by atoms with van der Waals surface area (Å²) in [6.45, 7) is 12.9. The second-order valence-electron chi connectivity index (χ2n) is 9.18. The van der Waals surface area contributed by atoms with Gasteiger partial charge < -0.3 is 0 Å². The van der Waals surface area contributed by atoms with E-state index in [0.29, 0.717) is 12.8 Å². The molecule has 0 aliphatic rings. The van der Waals surface area contributed by atoms with Crippen LogP contribution in [0.15, 0.2) is 0 Å². The predicted molar refractivity (Wildman–Crippen MR) is 96.3 cm³/mol. The van der Waals surface area contributed by atoms with Crippen LogP contribution in [0.3, 0.4) is 0 Å². The molecule has 0 saturated heterocycles. The summed E-state index contributed by atoms with van der Waals surface area (Å²) < 4.78 is 11.0. The molecular weight excluding hydrogens is 399 g/mol. The molecule has 0 radical (unpaired) electrons. The first-order valence-corrected chi connectivity index (χ1v) is 16.7.